The van der Waals surface area contributed by atoms with Gasteiger partial charge in [-0.3, -0.25) is 0 Å². The molecule has 16 aromatic carbocycles. The summed E-state index contributed by atoms with van der Waals surface area (Å²) in [5.41, 5.74) is 14.1. The van der Waals surface area contributed by atoms with Gasteiger partial charge >= 0.3 is 0 Å². The number of aryl methyl sites for hydroxylation is 1. The average Bonchev–Trinajstić information content (AvgIpc) is 1.54. The highest BCUT2D eigenvalue weighted by Gasteiger charge is 2.48. The van der Waals surface area contributed by atoms with Gasteiger partial charge in [-0.05, 0) is 280 Å². The molecular formula is C99H67Br3O8. The summed E-state index contributed by atoms with van der Waals surface area (Å²) in [6, 6.07) is 130. The zero-order valence-electron chi connectivity index (χ0n) is 59.4. The van der Waals surface area contributed by atoms with Crippen molar-refractivity contribution in [2.75, 3.05) is 0 Å². The maximum absolute atomic E-state index is 6.38. The van der Waals surface area contributed by atoms with Crippen LogP contribution in [0.5, 0.6) is 92.0 Å². The minimum absolute atomic E-state index is 0.593. The third-order valence-corrected chi connectivity index (χ3v) is 21.1. The van der Waals surface area contributed by atoms with Gasteiger partial charge < -0.3 is 37.9 Å². The molecule has 0 bridgehead atoms. The predicted molar refractivity (Wildman–Crippen MR) is 447 cm³/mol. The third kappa shape index (κ3) is 14.8. The molecule has 16 aromatic rings. The van der Waals surface area contributed by atoms with Crippen molar-refractivity contribution in [3.63, 3.8) is 0 Å². The van der Waals surface area contributed by atoms with Gasteiger partial charge in [-0.15, -0.1) is 0 Å². The summed E-state index contributed by atoms with van der Waals surface area (Å²) in [5, 5.41) is 0. The van der Waals surface area contributed by atoms with Gasteiger partial charge in [0, 0.05) is 25.6 Å². The Kier molecular flexibility index (Phi) is 20.0. The zero-order valence-corrected chi connectivity index (χ0v) is 64.1. The fourth-order valence-corrected chi connectivity index (χ4v) is 15.8. The topological polar surface area (TPSA) is 73.8 Å². The lowest BCUT2D eigenvalue weighted by atomic mass is 9.67. The molecule has 8 nitrogen and oxygen atoms in total. The van der Waals surface area contributed by atoms with E-state index in [9.17, 15) is 0 Å². The molecule has 0 heterocycles. The van der Waals surface area contributed by atoms with E-state index in [0.29, 0.717) is 23.0 Å². The zero-order chi connectivity index (χ0) is 74.4. The van der Waals surface area contributed by atoms with Crippen LogP contribution in [-0.2, 0) is 10.8 Å². The van der Waals surface area contributed by atoms with E-state index >= 15 is 0 Å². The highest BCUT2D eigenvalue weighted by atomic mass is 79.9. The van der Waals surface area contributed by atoms with Gasteiger partial charge in [0.25, 0.3) is 0 Å². The van der Waals surface area contributed by atoms with E-state index in [2.05, 4.69) is 200 Å². The van der Waals surface area contributed by atoms with Crippen molar-refractivity contribution in [3.05, 3.63) is 452 Å². The molecule has 2 aliphatic carbocycles. The van der Waals surface area contributed by atoms with Crippen molar-refractivity contribution in [2.45, 2.75) is 17.8 Å². The quantitative estimate of drug-likeness (QED) is 0.0747. The molecule has 532 valence electrons. The van der Waals surface area contributed by atoms with Gasteiger partial charge in [-0.25, -0.2) is 0 Å². The van der Waals surface area contributed by atoms with E-state index in [-0.39, 0.29) is 0 Å². The number of hydrogen-bond acceptors (Lipinski definition) is 8. The Morgan fingerprint density at radius 1 is 0.173 bits per heavy atom. The van der Waals surface area contributed by atoms with E-state index in [4.69, 9.17) is 37.9 Å². The molecule has 0 saturated heterocycles. The van der Waals surface area contributed by atoms with Crippen molar-refractivity contribution < 1.29 is 37.9 Å². The molecule has 18 rings (SSSR count). The van der Waals surface area contributed by atoms with E-state index in [1.807, 2.05) is 243 Å². The van der Waals surface area contributed by atoms with Crippen LogP contribution < -0.4 is 37.9 Å². The maximum Gasteiger partial charge on any atom is 0.131 e. The second kappa shape index (κ2) is 31.3. The van der Waals surface area contributed by atoms with Crippen LogP contribution in [0.1, 0.15) is 50.1 Å². The molecule has 0 amide bonds. The highest BCUT2D eigenvalue weighted by molar-refractivity contribution is 9.11. The molecule has 0 radical (unpaired) electrons. The van der Waals surface area contributed by atoms with Crippen molar-refractivity contribution in [1.29, 1.82) is 0 Å². The second-order valence-corrected chi connectivity index (χ2v) is 29.4. The summed E-state index contributed by atoms with van der Waals surface area (Å²) in [7, 11) is 0. The van der Waals surface area contributed by atoms with Gasteiger partial charge in [-0.2, -0.15) is 0 Å². The van der Waals surface area contributed by atoms with Crippen LogP contribution in [0.15, 0.2) is 402 Å². The van der Waals surface area contributed by atoms with Crippen LogP contribution in [0.4, 0.5) is 0 Å². The first kappa shape index (κ1) is 70.3. The number of halogens is 3. The Labute approximate surface area is 664 Å². The third-order valence-electron chi connectivity index (χ3n) is 19.6. The molecule has 0 aliphatic heterocycles. The molecular weight excluding hydrogens is 1560 g/mol. The van der Waals surface area contributed by atoms with Crippen molar-refractivity contribution in [1.82, 2.24) is 0 Å². The van der Waals surface area contributed by atoms with Crippen LogP contribution in [-0.4, -0.2) is 0 Å². The first-order valence-corrected chi connectivity index (χ1v) is 38.4. The fourth-order valence-electron chi connectivity index (χ4n) is 14.7. The highest BCUT2D eigenvalue weighted by Crippen LogP contribution is 2.59. The smallest absolute Gasteiger partial charge is 0.131 e. The molecule has 0 N–H and O–H groups in total. The average molecular weight is 1620 g/mol. The number of fused-ring (bicyclic) bond motifs is 6. The number of benzene rings is 16. The van der Waals surface area contributed by atoms with E-state index in [0.717, 1.165) is 105 Å². The second-order valence-electron chi connectivity index (χ2n) is 26.7. The Hall–Kier alpha value is -12.6. The Bertz CT molecular complexity index is 5540. The van der Waals surface area contributed by atoms with Crippen molar-refractivity contribution in [3.8, 4) is 114 Å². The van der Waals surface area contributed by atoms with Gasteiger partial charge in [0.15, 0.2) is 0 Å². The number of rotatable bonds is 20. The summed E-state index contributed by atoms with van der Waals surface area (Å²) in [4.78, 5) is 0. The maximum atomic E-state index is 6.38. The Morgan fingerprint density at radius 3 is 0.609 bits per heavy atom. The number of ether oxygens (including phenoxy) is 8. The first-order valence-electron chi connectivity index (χ1n) is 36.0. The number of para-hydroxylation sites is 4. The summed E-state index contributed by atoms with van der Waals surface area (Å²) >= 11 is 11.4. The number of hydrogen-bond donors (Lipinski definition) is 0. The van der Waals surface area contributed by atoms with E-state index < -0.39 is 10.8 Å². The fraction of sp³-hybridized carbons (Fsp3) is 0.0303. The molecule has 11 heteroatoms. The lowest BCUT2D eigenvalue weighted by Gasteiger charge is -2.34. The van der Waals surface area contributed by atoms with Crippen LogP contribution >= 0.6 is 47.8 Å². The summed E-state index contributed by atoms with van der Waals surface area (Å²) in [6.07, 6.45) is 0. The van der Waals surface area contributed by atoms with Gasteiger partial charge in [0.2, 0.25) is 0 Å². The van der Waals surface area contributed by atoms with Gasteiger partial charge in [0.05, 0.1) is 10.8 Å². The molecule has 0 unspecified atom stereocenters. The lowest BCUT2D eigenvalue weighted by molar-refractivity contribution is 0.460. The Morgan fingerprint density at radius 2 is 0.364 bits per heavy atom. The minimum Gasteiger partial charge on any atom is -0.457 e. The van der Waals surface area contributed by atoms with Gasteiger partial charge in [-0.1, -0.05) is 223 Å². The lowest BCUT2D eigenvalue weighted by Crippen LogP contribution is -2.28. The van der Waals surface area contributed by atoms with Crippen LogP contribution in [0.25, 0.3) is 22.3 Å². The summed E-state index contributed by atoms with van der Waals surface area (Å²) < 4.78 is 52.6. The molecule has 0 spiro atoms. The molecule has 0 aromatic heterocycles. The molecule has 2 aliphatic rings. The monoisotopic (exact) mass is 1620 g/mol. The standard InChI is InChI=1S/C50H35BrO4.C49H32Br2O4/c1-34-12-30-46-47-31-17-37(51)33-49(47)50(48(46)32-34,35-13-18-40(19-14-35)54-44-26-22-42(23-27-44)52-38-8-4-2-5-9-38)36-15-20-41(21-16-36)55-45-28-24-43(25-29-45)53-39-10-6-3-7-11-39;50-35-21-27-45-46-28-22-36(51)30-48(46)49(47(45)29-35,33-17-23-39(24-18-33)54-43-15-7-13-41(31-43)52-37-9-3-1-4-10-37)34-19-25-40(26-20-34)55-44-16-8-14-42(32-44)53-38-11-5-2-6-12-38/h2-33H,1H3;1-32H. The first-order chi connectivity index (χ1) is 54.0. The van der Waals surface area contributed by atoms with E-state index in [1.54, 1.807) is 0 Å². The molecule has 0 atom stereocenters. The Balaban J connectivity index is 0.000000160. The molecule has 0 fully saturated rings. The van der Waals surface area contributed by atoms with Crippen LogP contribution in [0.3, 0.4) is 0 Å². The molecule has 110 heavy (non-hydrogen) atoms. The van der Waals surface area contributed by atoms with E-state index in [1.165, 1.54) is 50.1 Å². The predicted octanol–water partition coefficient (Wildman–Crippen LogP) is 29.0. The SMILES string of the molecule is Brc1ccc2c(c1)C(c1ccc(Oc3cccc(Oc4ccccc4)c3)cc1)(c1ccc(Oc3cccc(Oc4ccccc4)c3)cc1)c1cc(Br)ccc1-2.Cc1ccc2c(c1)C(c1ccc(Oc3ccc(Oc4ccccc4)cc3)cc1)(c1ccc(Oc3ccc(Oc4ccccc4)cc3)cc1)c1cc(Br)ccc1-2. The minimum atomic E-state index is -0.637. The molecule has 0 saturated carbocycles. The van der Waals surface area contributed by atoms with Crippen LogP contribution in [0.2, 0.25) is 0 Å². The normalized spacial score (nSPS) is 12.3. The van der Waals surface area contributed by atoms with Crippen molar-refractivity contribution in [2.24, 2.45) is 0 Å². The van der Waals surface area contributed by atoms with Crippen molar-refractivity contribution >= 4 is 47.8 Å². The summed E-state index contributed by atoms with van der Waals surface area (Å²) in [6.45, 7) is 2.16. The van der Waals surface area contributed by atoms with Crippen LogP contribution in [0, 0.1) is 6.92 Å². The summed E-state index contributed by atoms with van der Waals surface area (Å²) in [5.74, 6) is 11.8. The largest absolute Gasteiger partial charge is 0.457 e. The van der Waals surface area contributed by atoms with Gasteiger partial charge in [0.1, 0.15) is 92.0 Å².